The van der Waals surface area contributed by atoms with Gasteiger partial charge in [-0.2, -0.15) is 0 Å². The highest BCUT2D eigenvalue weighted by molar-refractivity contribution is 4.96. The summed E-state index contributed by atoms with van der Waals surface area (Å²) in [6, 6.07) is 0. The van der Waals surface area contributed by atoms with Crippen molar-refractivity contribution in [1.29, 1.82) is 0 Å². The number of rotatable bonds is 2. The Bertz CT molecular complexity index is 264. The standard InChI is InChI=1S/C16H29NO/c1-13-5-4-8-16(10-13)12-18-15(11-17-16)9-14-6-2-3-7-14/h13-15,17H,2-12H2,1H3. The molecule has 1 spiro atoms. The molecule has 0 aromatic carbocycles. The maximum absolute atomic E-state index is 6.22. The van der Waals surface area contributed by atoms with Gasteiger partial charge in [0, 0.05) is 12.1 Å². The Hall–Kier alpha value is -0.0800. The Morgan fingerprint density at radius 2 is 2.00 bits per heavy atom. The topological polar surface area (TPSA) is 21.3 Å². The van der Waals surface area contributed by atoms with Crippen LogP contribution in [0.3, 0.4) is 0 Å². The predicted octanol–water partition coefficient (Wildman–Crippen LogP) is 3.50. The molecule has 1 saturated heterocycles. The number of ether oxygens (including phenoxy) is 1. The van der Waals surface area contributed by atoms with Crippen LogP contribution in [0.4, 0.5) is 0 Å². The zero-order valence-corrected chi connectivity index (χ0v) is 11.9. The van der Waals surface area contributed by atoms with E-state index in [-0.39, 0.29) is 0 Å². The van der Waals surface area contributed by atoms with Crippen molar-refractivity contribution in [3.8, 4) is 0 Å². The SMILES string of the molecule is CC1CCCC2(COC(CC3CCCC3)CN2)C1. The van der Waals surface area contributed by atoms with Gasteiger partial charge in [-0.05, 0) is 31.1 Å². The molecule has 2 aliphatic carbocycles. The zero-order chi connectivity index (χ0) is 12.4. The molecule has 104 valence electrons. The van der Waals surface area contributed by atoms with Crippen molar-refractivity contribution in [2.24, 2.45) is 11.8 Å². The molecule has 2 nitrogen and oxygen atoms in total. The van der Waals surface area contributed by atoms with Gasteiger partial charge in [-0.3, -0.25) is 0 Å². The largest absolute Gasteiger partial charge is 0.375 e. The minimum atomic E-state index is 0.337. The summed E-state index contributed by atoms with van der Waals surface area (Å²) >= 11 is 0. The minimum absolute atomic E-state index is 0.337. The first kappa shape index (κ1) is 12.9. The van der Waals surface area contributed by atoms with Crippen molar-refractivity contribution in [2.75, 3.05) is 13.2 Å². The second-order valence-corrected chi connectivity index (χ2v) is 7.18. The molecule has 1 heterocycles. The zero-order valence-electron chi connectivity index (χ0n) is 11.9. The molecule has 3 rings (SSSR count). The molecule has 3 fully saturated rings. The molecular formula is C16H29NO. The minimum Gasteiger partial charge on any atom is -0.375 e. The molecule has 2 saturated carbocycles. The van der Waals surface area contributed by atoms with Crippen LogP contribution in [-0.2, 0) is 4.74 Å². The van der Waals surface area contributed by atoms with E-state index in [2.05, 4.69) is 12.2 Å². The van der Waals surface area contributed by atoms with E-state index in [1.165, 1.54) is 57.8 Å². The third kappa shape index (κ3) is 2.91. The summed E-state index contributed by atoms with van der Waals surface area (Å²) in [5, 5.41) is 3.86. The molecule has 0 bridgehead atoms. The van der Waals surface area contributed by atoms with Crippen molar-refractivity contribution < 1.29 is 4.74 Å². The summed E-state index contributed by atoms with van der Waals surface area (Å²) < 4.78 is 6.22. The van der Waals surface area contributed by atoms with Crippen LogP contribution in [0, 0.1) is 11.8 Å². The van der Waals surface area contributed by atoms with E-state index in [4.69, 9.17) is 4.74 Å². The highest BCUT2D eigenvalue weighted by atomic mass is 16.5. The summed E-state index contributed by atoms with van der Waals surface area (Å²) in [4.78, 5) is 0. The molecule has 18 heavy (non-hydrogen) atoms. The van der Waals surface area contributed by atoms with Gasteiger partial charge in [0.05, 0.1) is 12.7 Å². The first-order valence-electron chi connectivity index (χ1n) is 8.12. The molecular weight excluding hydrogens is 222 g/mol. The molecule has 1 N–H and O–H groups in total. The number of hydrogen-bond acceptors (Lipinski definition) is 2. The summed E-state index contributed by atoms with van der Waals surface area (Å²) in [6.45, 7) is 4.46. The highest BCUT2D eigenvalue weighted by Gasteiger charge is 2.39. The van der Waals surface area contributed by atoms with Crippen LogP contribution in [-0.4, -0.2) is 24.8 Å². The van der Waals surface area contributed by atoms with Crippen molar-refractivity contribution in [3.05, 3.63) is 0 Å². The van der Waals surface area contributed by atoms with Gasteiger partial charge in [-0.25, -0.2) is 0 Å². The number of morpholine rings is 1. The van der Waals surface area contributed by atoms with Crippen LogP contribution in [0.5, 0.6) is 0 Å². The van der Waals surface area contributed by atoms with E-state index in [0.29, 0.717) is 11.6 Å². The highest BCUT2D eigenvalue weighted by Crippen LogP contribution is 2.36. The van der Waals surface area contributed by atoms with Crippen LogP contribution in [0.15, 0.2) is 0 Å². The quantitative estimate of drug-likeness (QED) is 0.811. The van der Waals surface area contributed by atoms with E-state index < -0.39 is 0 Å². The summed E-state index contributed by atoms with van der Waals surface area (Å²) in [7, 11) is 0. The van der Waals surface area contributed by atoms with Gasteiger partial charge in [-0.15, -0.1) is 0 Å². The fourth-order valence-electron chi connectivity index (χ4n) is 4.44. The first-order chi connectivity index (χ1) is 8.76. The summed E-state index contributed by atoms with van der Waals surface area (Å²) in [5.74, 6) is 1.83. The average molecular weight is 251 g/mol. The third-order valence-electron chi connectivity index (χ3n) is 5.46. The predicted molar refractivity (Wildman–Crippen MR) is 74.7 cm³/mol. The Labute approximate surface area is 112 Å². The van der Waals surface area contributed by atoms with Crippen LogP contribution < -0.4 is 5.32 Å². The van der Waals surface area contributed by atoms with Gasteiger partial charge in [0.25, 0.3) is 0 Å². The van der Waals surface area contributed by atoms with Crippen molar-refractivity contribution in [3.63, 3.8) is 0 Å². The normalized spacial score (nSPS) is 42.5. The Morgan fingerprint density at radius 1 is 1.17 bits per heavy atom. The van der Waals surface area contributed by atoms with Crippen LogP contribution >= 0.6 is 0 Å². The maximum Gasteiger partial charge on any atom is 0.0703 e. The van der Waals surface area contributed by atoms with E-state index in [1.807, 2.05) is 0 Å². The third-order valence-corrected chi connectivity index (χ3v) is 5.46. The van der Waals surface area contributed by atoms with Crippen LogP contribution in [0.25, 0.3) is 0 Å². The molecule has 3 unspecified atom stereocenters. The molecule has 2 heteroatoms. The average Bonchev–Trinajstić information content (AvgIpc) is 2.85. The lowest BCUT2D eigenvalue weighted by molar-refractivity contribution is -0.0591. The second-order valence-electron chi connectivity index (χ2n) is 7.18. The molecule has 0 amide bonds. The van der Waals surface area contributed by atoms with Gasteiger partial charge in [0.15, 0.2) is 0 Å². The fourth-order valence-corrected chi connectivity index (χ4v) is 4.44. The van der Waals surface area contributed by atoms with Crippen LogP contribution in [0.1, 0.15) is 64.7 Å². The van der Waals surface area contributed by atoms with Crippen molar-refractivity contribution in [1.82, 2.24) is 5.32 Å². The molecule has 0 radical (unpaired) electrons. The van der Waals surface area contributed by atoms with Gasteiger partial charge in [0.1, 0.15) is 0 Å². The van der Waals surface area contributed by atoms with Gasteiger partial charge in [0.2, 0.25) is 0 Å². The Kier molecular flexibility index (Phi) is 3.95. The summed E-state index contributed by atoms with van der Waals surface area (Å²) in [6.07, 6.45) is 13.0. The van der Waals surface area contributed by atoms with Crippen molar-refractivity contribution >= 4 is 0 Å². The van der Waals surface area contributed by atoms with Gasteiger partial charge < -0.3 is 10.1 Å². The Morgan fingerprint density at radius 3 is 2.67 bits per heavy atom. The van der Waals surface area contributed by atoms with Crippen molar-refractivity contribution in [2.45, 2.75) is 76.4 Å². The number of hydrogen-bond donors (Lipinski definition) is 1. The first-order valence-corrected chi connectivity index (χ1v) is 8.12. The van der Waals surface area contributed by atoms with Gasteiger partial charge >= 0.3 is 0 Å². The molecule has 3 aliphatic rings. The van der Waals surface area contributed by atoms with Crippen LogP contribution in [0.2, 0.25) is 0 Å². The van der Waals surface area contributed by atoms with E-state index in [0.717, 1.165) is 25.0 Å². The second kappa shape index (κ2) is 5.50. The lowest BCUT2D eigenvalue weighted by atomic mass is 9.76. The summed E-state index contributed by atoms with van der Waals surface area (Å²) in [5.41, 5.74) is 0.337. The molecule has 3 atom stereocenters. The monoisotopic (exact) mass is 251 g/mol. The molecule has 0 aromatic rings. The lowest BCUT2D eigenvalue weighted by Crippen LogP contribution is -2.59. The van der Waals surface area contributed by atoms with E-state index in [9.17, 15) is 0 Å². The van der Waals surface area contributed by atoms with Gasteiger partial charge in [-0.1, -0.05) is 45.4 Å². The smallest absolute Gasteiger partial charge is 0.0703 e. The number of nitrogens with one attached hydrogen (secondary N) is 1. The van der Waals surface area contributed by atoms with E-state index in [1.54, 1.807) is 0 Å². The van der Waals surface area contributed by atoms with E-state index >= 15 is 0 Å². The maximum atomic E-state index is 6.22. The molecule has 0 aromatic heterocycles. The fraction of sp³-hybridized carbons (Fsp3) is 1.00. The Balaban J connectivity index is 1.48. The lowest BCUT2D eigenvalue weighted by Gasteiger charge is -2.46. The molecule has 1 aliphatic heterocycles.